The summed E-state index contributed by atoms with van der Waals surface area (Å²) in [6.07, 6.45) is 2.52. The van der Waals surface area contributed by atoms with E-state index in [1.807, 2.05) is 6.92 Å². The van der Waals surface area contributed by atoms with Gasteiger partial charge < -0.3 is 9.84 Å². The van der Waals surface area contributed by atoms with Gasteiger partial charge in [-0.1, -0.05) is 27.2 Å². The highest BCUT2D eigenvalue weighted by Crippen LogP contribution is 2.28. The molecule has 0 aromatic rings. The number of hydrogen-bond acceptors (Lipinski definition) is 3. The molecule has 0 unspecified atom stereocenters. The van der Waals surface area contributed by atoms with Crippen molar-refractivity contribution in [2.24, 2.45) is 5.41 Å². The van der Waals surface area contributed by atoms with Crippen molar-refractivity contribution >= 4 is 29.1 Å². The van der Waals surface area contributed by atoms with Crippen molar-refractivity contribution in [1.29, 1.82) is 0 Å². The highest BCUT2D eigenvalue weighted by atomic mass is 27.0. The van der Waals surface area contributed by atoms with Gasteiger partial charge in [0.05, 0.1) is 0 Å². The highest BCUT2D eigenvalue weighted by molar-refractivity contribution is 6.03. The lowest BCUT2D eigenvalue weighted by molar-refractivity contribution is -0.157. The van der Waals surface area contributed by atoms with Gasteiger partial charge in [0.1, 0.15) is 12.0 Å². The van der Waals surface area contributed by atoms with Crippen LogP contribution in [0.5, 0.6) is 0 Å². The third kappa shape index (κ3) is 5.20. The number of carbonyl (C=O) groups is 2. The fraction of sp³-hybridized carbons (Fsp3) is 0.833. The fourth-order valence-corrected chi connectivity index (χ4v) is 1.62. The Hall–Kier alpha value is -0.368. The van der Waals surface area contributed by atoms with Crippen LogP contribution in [0.1, 0.15) is 46.5 Å². The summed E-state index contributed by atoms with van der Waals surface area (Å²) in [6.45, 7) is 5.91. The number of carboxylic acid groups (broad SMARTS) is 1. The molecule has 0 atom stereocenters. The third-order valence-electron chi connectivity index (χ3n) is 3.03. The minimum Gasteiger partial charge on any atom is -0.480 e. The number of carbonyl (C=O) groups excluding carboxylic acids is 1. The predicted molar refractivity (Wildman–Crippen MR) is 71.3 cm³/mol. The normalized spacial score (nSPS) is 10.8. The number of ketones is 1. The van der Waals surface area contributed by atoms with E-state index in [0.717, 1.165) is 12.8 Å². The average molecular weight is 260 g/mol. The second-order valence-corrected chi connectivity index (χ2v) is 3.92. The molecule has 0 heterocycles. The molecule has 4 nitrogen and oxygen atoms in total. The van der Waals surface area contributed by atoms with Crippen molar-refractivity contribution in [3.05, 3.63) is 0 Å². The van der Waals surface area contributed by atoms with E-state index in [9.17, 15) is 9.59 Å². The Morgan fingerprint density at radius 3 is 2.06 bits per heavy atom. The van der Waals surface area contributed by atoms with Crippen molar-refractivity contribution in [3.63, 3.8) is 0 Å². The smallest absolute Gasteiger partial charge is 0.317 e. The summed E-state index contributed by atoms with van der Waals surface area (Å²) < 4.78 is 5.18. The zero-order valence-corrected chi connectivity index (χ0v) is 10.4. The van der Waals surface area contributed by atoms with Crippen LogP contribution in [0.3, 0.4) is 0 Å². The summed E-state index contributed by atoms with van der Waals surface area (Å²) in [5, 5.41) is 9.12. The van der Waals surface area contributed by atoms with Crippen molar-refractivity contribution in [3.8, 4) is 0 Å². The van der Waals surface area contributed by atoms with Crippen LogP contribution in [0.15, 0.2) is 0 Å². The van der Waals surface area contributed by atoms with E-state index in [1.54, 1.807) is 13.8 Å². The Balaban J connectivity index is 0. The molecule has 0 spiro atoms. The molecule has 5 heteroatoms. The van der Waals surface area contributed by atoms with Crippen LogP contribution in [0.2, 0.25) is 0 Å². The Labute approximate surface area is 114 Å². The zero-order valence-electron chi connectivity index (χ0n) is 10.4. The number of unbranched alkanes of at least 4 members (excludes halogenated alkanes) is 1. The summed E-state index contributed by atoms with van der Waals surface area (Å²) in [4.78, 5) is 23.0. The zero-order chi connectivity index (χ0) is 12.6. The maximum atomic E-state index is 11.8. The third-order valence-corrected chi connectivity index (χ3v) is 3.03. The molecule has 0 saturated heterocycles. The minimum absolute atomic E-state index is 0. The first-order valence-electron chi connectivity index (χ1n) is 5.89. The molecule has 0 aliphatic carbocycles. The van der Waals surface area contributed by atoms with E-state index < -0.39 is 11.4 Å². The first kappa shape index (κ1) is 19.0. The van der Waals surface area contributed by atoms with E-state index in [4.69, 9.17) is 9.84 Å². The number of rotatable bonds is 9. The summed E-state index contributed by atoms with van der Waals surface area (Å²) in [5.74, 6) is -1.36. The molecule has 17 heavy (non-hydrogen) atoms. The lowest BCUT2D eigenvalue weighted by atomic mass is 9.78. The molecular formula is C12H25AlO4. The van der Waals surface area contributed by atoms with Gasteiger partial charge in [0.15, 0.2) is 23.1 Å². The fourth-order valence-electron chi connectivity index (χ4n) is 1.62. The molecule has 1 N–H and O–H groups in total. The first-order valence-corrected chi connectivity index (χ1v) is 5.89. The van der Waals surface area contributed by atoms with Crippen molar-refractivity contribution < 1.29 is 19.4 Å². The molecule has 0 radical (unpaired) electrons. The van der Waals surface area contributed by atoms with Crippen LogP contribution in [0, 0.1) is 5.41 Å². The lowest BCUT2D eigenvalue weighted by Gasteiger charge is -2.24. The maximum absolute atomic E-state index is 11.8. The molecule has 100 valence electrons. The number of aliphatic carboxylic acids is 1. The molecule has 0 fully saturated rings. The summed E-state index contributed by atoms with van der Waals surface area (Å²) in [5.41, 5.74) is -1.26. The Morgan fingerprint density at radius 2 is 1.71 bits per heavy atom. The number of ether oxygens (including phenoxy) is 1. The Bertz CT molecular complexity index is 237. The molecule has 0 bridgehead atoms. The molecular weight excluding hydrogens is 235 g/mol. The largest absolute Gasteiger partial charge is 0.480 e. The van der Waals surface area contributed by atoms with Gasteiger partial charge in [-0.2, -0.15) is 0 Å². The molecule has 0 saturated carbocycles. The maximum Gasteiger partial charge on any atom is 0.317 e. The van der Waals surface area contributed by atoms with Gasteiger partial charge in [0.25, 0.3) is 0 Å². The highest BCUT2D eigenvalue weighted by Gasteiger charge is 2.42. The molecule has 0 aromatic heterocycles. The summed E-state index contributed by atoms with van der Waals surface area (Å²) in [6, 6.07) is 0. The van der Waals surface area contributed by atoms with Crippen LogP contribution >= 0.6 is 0 Å². The van der Waals surface area contributed by atoms with E-state index in [0.29, 0.717) is 19.4 Å². The summed E-state index contributed by atoms with van der Waals surface area (Å²) in [7, 11) is 0. The van der Waals surface area contributed by atoms with Gasteiger partial charge >= 0.3 is 5.97 Å². The van der Waals surface area contributed by atoms with E-state index in [1.165, 1.54) is 0 Å². The Morgan fingerprint density at radius 1 is 1.18 bits per heavy atom. The first-order chi connectivity index (χ1) is 7.55. The SMILES string of the molecule is CCCCOCC(=O)C(CC)(CC)C(=O)O.[AlH3]. The predicted octanol–water partition coefficient (Wildman–Crippen LogP) is 1.08. The quantitative estimate of drug-likeness (QED) is 0.383. The second-order valence-electron chi connectivity index (χ2n) is 3.92. The molecule has 0 aliphatic rings. The van der Waals surface area contributed by atoms with Crippen LogP contribution in [0.25, 0.3) is 0 Å². The van der Waals surface area contributed by atoms with Crippen molar-refractivity contribution in [2.45, 2.75) is 46.5 Å². The summed E-state index contributed by atoms with van der Waals surface area (Å²) >= 11 is 0. The van der Waals surface area contributed by atoms with Crippen molar-refractivity contribution in [1.82, 2.24) is 0 Å². The van der Waals surface area contributed by atoms with E-state index in [-0.39, 0.29) is 29.8 Å². The van der Waals surface area contributed by atoms with Crippen LogP contribution in [-0.4, -0.2) is 47.4 Å². The number of carboxylic acids is 1. The molecule has 0 rings (SSSR count). The molecule has 0 aliphatic heterocycles. The van der Waals surface area contributed by atoms with Gasteiger partial charge in [-0.15, -0.1) is 0 Å². The Kier molecular flexibility index (Phi) is 10.8. The van der Waals surface area contributed by atoms with Crippen LogP contribution in [0.4, 0.5) is 0 Å². The molecule has 0 amide bonds. The average Bonchev–Trinajstić information content (AvgIpc) is 2.26. The number of Topliss-reactive ketones (excluding diaryl/α,β-unsaturated/α-hetero) is 1. The van der Waals surface area contributed by atoms with E-state index in [2.05, 4.69) is 0 Å². The van der Waals surface area contributed by atoms with Gasteiger partial charge in [-0.05, 0) is 19.3 Å². The minimum atomic E-state index is -1.26. The van der Waals surface area contributed by atoms with Crippen molar-refractivity contribution in [2.75, 3.05) is 13.2 Å². The topological polar surface area (TPSA) is 63.6 Å². The van der Waals surface area contributed by atoms with Crippen LogP contribution < -0.4 is 0 Å². The van der Waals surface area contributed by atoms with Crippen LogP contribution in [-0.2, 0) is 14.3 Å². The standard InChI is InChI=1S/C12H22O4.Al.3H/c1-4-7-8-16-9-10(13)12(5-2,6-3)11(14)15;;;;/h4-9H2,1-3H3,(H,14,15);;;;. The van der Waals surface area contributed by atoms with Gasteiger partial charge in [0, 0.05) is 6.61 Å². The second kappa shape index (κ2) is 9.64. The van der Waals surface area contributed by atoms with Gasteiger partial charge in [-0.3, -0.25) is 9.59 Å². The molecule has 0 aromatic carbocycles. The lowest BCUT2D eigenvalue weighted by Crippen LogP contribution is -2.40. The van der Waals surface area contributed by atoms with E-state index >= 15 is 0 Å². The van der Waals surface area contributed by atoms with Gasteiger partial charge in [-0.25, -0.2) is 0 Å². The number of hydrogen-bond donors (Lipinski definition) is 1. The van der Waals surface area contributed by atoms with Gasteiger partial charge in [0.2, 0.25) is 0 Å². The monoisotopic (exact) mass is 260 g/mol.